The van der Waals surface area contributed by atoms with E-state index < -0.39 is 23.7 Å². The van der Waals surface area contributed by atoms with E-state index in [9.17, 15) is 18.8 Å². The number of nitrogens with zero attached hydrogens (tertiary/aromatic N) is 2. The van der Waals surface area contributed by atoms with Crippen LogP contribution in [-0.2, 0) is 14.4 Å². The van der Waals surface area contributed by atoms with E-state index in [2.05, 4.69) is 45.5 Å². The summed E-state index contributed by atoms with van der Waals surface area (Å²) < 4.78 is 13.3. The Kier molecular flexibility index (Phi) is 13.4. The zero-order valence-electron chi connectivity index (χ0n) is 23.1. The van der Waals surface area contributed by atoms with Crippen molar-refractivity contribution in [3.05, 3.63) is 73.2 Å². The number of amides is 2. The van der Waals surface area contributed by atoms with Crippen molar-refractivity contribution >= 4 is 23.5 Å². The van der Waals surface area contributed by atoms with Gasteiger partial charge in [0.1, 0.15) is 11.5 Å². The van der Waals surface area contributed by atoms with E-state index in [4.69, 9.17) is 10.1 Å². The molecule has 1 rings (SSSR count). The highest BCUT2D eigenvalue weighted by atomic mass is 19.1. The van der Waals surface area contributed by atoms with Gasteiger partial charge in [-0.25, -0.2) is 4.39 Å². The fraction of sp³-hybridized carbons (Fsp3) is 0.467. The molecule has 0 bridgehead atoms. The Hall–Kier alpha value is -3.55. The number of aliphatic carboxylic acids is 1. The SMILES string of the molecule is C=C(F)/C=C\C(=C)C(=NC1CC(C)CC(C)C1)C(=O)N(C)C(CC)C(=C)/C=C\C(=C)C(=O)NCCC(=O)O. The first-order valence-electron chi connectivity index (χ1n) is 12.9. The van der Waals surface area contributed by atoms with Crippen molar-refractivity contribution in [2.75, 3.05) is 13.6 Å². The van der Waals surface area contributed by atoms with Gasteiger partial charge in [0.25, 0.3) is 11.8 Å². The zero-order chi connectivity index (χ0) is 29.0. The van der Waals surface area contributed by atoms with Crippen LogP contribution in [0.25, 0.3) is 0 Å². The number of halogens is 1. The number of hydrogen-bond donors (Lipinski definition) is 2. The Labute approximate surface area is 226 Å². The molecule has 1 aliphatic carbocycles. The lowest BCUT2D eigenvalue weighted by atomic mass is 9.80. The highest BCUT2D eigenvalue weighted by molar-refractivity contribution is 6.45. The van der Waals surface area contributed by atoms with Gasteiger partial charge in [-0.3, -0.25) is 19.4 Å². The number of carbonyl (C=O) groups excluding carboxylic acids is 2. The Morgan fingerprint density at radius 2 is 1.61 bits per heavy atom. The molecule has 208 valence electrons. The fourth-order valence-electron chi connectivity index (χ4n) is 4.62. The summed E-state index contributed by atoms with van der Waals surface area (Å²) in [6.45, 7) is 21.2. The molecule has 1 aliphatic rings. The number of carbonyl (C=O) groups is 3. The minimum Gasteiger partial charge on any atom is -0.481 e. The number of hydrogen-bond acceptors (Lipinski definition) is 4. The largest absolute Gasteiger partial charge is 0.481 e. The van der Waals surface area contributed by atoms with Crippen LogP contribution < -0.4 is 5.32 Å². The molecule has 2 N–H and O–H groups in total. The van der Waals surface area contributed by atoms with Gasteiger partial charge in [-0.1, -0.05) is 59.2 Å². The van der Waals surface area contributed by atoms with Crippen molar-refractivity contribution in [1.82, 2.24) is 10.2 Å². The van der Waals surface area contributed by atoms with Gasteiger partial charge in [-0.2, -0.15) is 0 Å². The molecule has 0 radical (unpaired) electrons. The van der Waals surface area contributed by atoms with Crippen LogP contribution in [0.3, 0.4) is 0 Å². The Morgan fingerprint density at radius 3 is 2.13 bits per heavy atom. The number of carboxylic acid groups (broad SMARTS) is 1. The van der Waals surface area contributed by atoms with Crippen LogP contribution in [0.2, 0.25) is 0 Å². The molecule has 0 heterocycles. The molecule has 0 aromatic carbocycles. The molecule has 3 atom stereocenters. The summed E-state index contributed by atoms with van der Waals surface area (Å²) >= 11 is 0. The zero-order valence-corrected chi connectivity index (χ0v) is 23.1. The quantitative estimate of drug-likeness (QED) is 0.181. The summed E-state index contributed by atoms with van der Waals surface area (Å²) in [5.41, 5.74) is 1.18. The number of allylic oxidation sites excluding steroid dienone is 3. The third-order valence-electron chi connectivity index (χ3n) is 6.45. The number of nitrogens with one attached hydrogen (secondary N) is 1. The van der Waals surface area contributed by atoms with Gasteiger partial charge >= 0.3 is 5.97 Å². The first kappa shape index (κ1) is 32.5. The molecule has 2 amide bonds. The van der Waals surface area contributed by atoms with Crippen LogP contribution in [0.4, 0.5) is 4.39 Å². The molecular weight excluding hydrogens is 485 g/mol. The highest BCUT2D eigenvalue weighted by Gasteiger charge is 2.28. The van der Waals surface area contributed by atoms with Crippen LogP contribution >= 0.6 is 0 Å². The monoisotopic (exact) mass is 527 g/mol. The van der Waals surface area contributed by atoms with Crippen LogP contribution in [-0.4, -0.2) is 59.2 Å². The lowest BCUT2D eigenvalue weighted by molar-refractivity contribution is -0.137. The normalized spacial score (nSPS) is 20.7. The number of carboxylic acids is 1. The highest BCUT2D eigenvalue weighted by Crippen LogP contribution is 2.31. The van der Waals surface area contributed by atoms with E-state index >= 15 is 0 Å². The second-order valence-electron chi connectivity index (χ2n) is 10.0. The fourth-order valence-corrected chi connectivity index (χ4v) is 4.62. The molecule has 0 aliphatic heterocycles. The third-order valence-corrected chi connectivity index (χ3v) is 6.45. The third kappa shape index (κ3) is 10.8. The van der Waals surface area contributed by atoms with Crippen molar-refractivity contribution in [3.63, 3.8) is 0 Å². The van der Waals surface area contributed by atoms with Gasteiger partial charge in [0.15, 0.2) is 0 Å². The number of aliphatic imine (C=N–C) groups is 1. The molecule has 8 heteroatoms. The maximum Gasteiger partial charge on any atom is 0.305 e. The maximum absolute atomic E-state index is 13.7. The van der Waals surface area contributed by atoms with Crippen molar-refractivity contribution in [1.29, 1.82) is 0 Å². The van der Waals surface area contributed by atoms with Crippen LogP contribution in [0.5, 0.6) is 0 Å². The molecular formula is C30H42FN3O4. The van der Waals surface area contributed by atoms with Crippen molar-refractivity contribution < 1.29 is 23.9 Å². The molecule has 0 aromatic rings. The first-order chi connectivity index (χ1) is 17.8. The maximum atomic E-state index is 13.7. The Morgan fingerprint density at radius 1 is 1.03 bits per heavy atom. The van der Waals surface area contributed by atoms with E-state index in [0.29, 0.717) is 29.4 Å². The summed E-state index contributed by atoms with van der Waals surface area (Å²) in [6.07, 6.45) is 8.84. The van der Waals surface area contributed by atoms with E-state index in [-0.39, 0.29) is 36.2 Å². The molecule has 1 saturated carbocycles. The Balaban J connectivity index is 3.11. The van der Waals surface area contributed by atoms with Gasteiger partial charge in [0.05, 0.1) is 18.5 Å². The van der Waals surface area contributed by atoms with Crippen LogP contribution in [0.15, 0.2) is 78.2 Å². The topological polar surface area (TPSA) is 99.1 Å². The standard InChI is InChI=1S/C30H42FN3O4/c1-9-26(21(4)10-11-23(6)29(37)32-15-14-27(35)36)34(8)30(38)28(22(5)12-13-24(7)31)33-25-17-19(2)16-20(3)18-25/h10-13,19-20,25-26H,4-7,9,14-18H2,1-3,8H3,(H,32,37)(H,35,36)/b11-10-,13-12-,33-28?. The summed E-state index contributed by atoms with van der Waals surface area (Å²) in [5, 5.41) is 11.2. The lowest BCUT2D eigenvalue weighted by Gasteiger charge is -2.31. The summed E-state index contributed by atoms with van der Waals surface area (Å²) in [4.78, 5) is 42.8. The smallest absolute Gasteiger partial charge is 0.305 e. The van der Waals surface area contributed by atoms with Gasteiger partial charge in [-0.15, -0.1) is 0 Å². The Bertz CT molecular complexity index is 1030. The van der Waals surface area contributed by atoms with E-state index in [1.807, 2.05) is 6.92 Å². The predicted octanol–water partition coefficient (Wildman–Crippen LogP) is 5.34. The van der Waals surface area contributed by atoms with Gasteiger partial charge in [0, 0.05) is 19.2 Å². The lowest BCUT2D eigenvalue weighted by Crippen LogP contribution is -2.42. The van der Waals surface area contributed by atoms with Crippen molar-refractivity contribution in [2.45, 2.75) is 65.0 Å². The number of likely N-dealkylation sites (N-methyl/N-ethyl adjacent to an activating group) is 1. The second-order valence-corrected chi connectivity index (χ2v) is 10.0. The van der Waals surface area contributed by atoms with Gasteiger partial charge in [-0.05, 0) is 60.8 Å². The molecule has 0 saturated heterocycles. The second kappa shape index (κ2) is 15.6. The molecule has 3 unspecified atom stereocenters. The van der Waals surface area contributed by atoms with E-state index in [0.717, 1.165) is 25.3 Å². The molecule has 0 aromatic heterocycles. The molecule has 1 fully saturated rings. The average molecular weight is 528 g/mol. The first-order valence-corrected chi connectivity index (χ1v) is 12.9. The van der Waals surface area contributed by atoms with Crippen molar-refractivity contribution in [3.8, 4) is 0 Å². The summed E-state index contributed by atoms with van der Waals surface area (Å²) in [7, 11) is 1.65. The van der Waals surface area contributed by atoms with Gasteiger partial charge in [0.2, 0.25) is 0 Å². The van der Waals surface area contributed by atoms with Crippen LogP contribution in [0, 0.1) is 11.8 Å². The van der Waals surface area contributed by atoms with E-state index in [1.165, 1.54) is 17.1 Å². The van der Waals surface area contributed by atoms with Crippen LogP contribution in [0.1, 0.15) is 52.9 Å². The summed E-state index contributed by atoms with van der Waals surface area (Å²) in [5.74, 6) is -1.54. The molecule has 38 heavy (non-hydrogen) atoms. The predicted molar refractivity (Wildman–Crippen MR) is 151 cm³/mol. The number of rotatable bonds is 14. The molecule has 7 nitrogen and oxygen atoms in total. The minimum absolute atomic E-state index is 0.00839. The molecule has 0 spiro atoms. The van der Waals surface area contributed by atoms with E-state index in [1.54, 1.807) is 13.1 Å². The van der Waals surface area contributed by atoms with Gasteiger partial charge < -0.3 is 15.3 Å². The van der Waals surface area contributed by atoms with Crippen molar-refractivity contribution in [2.24, 2.45) is 16.8 Å². The minimum atomic E-state index is -1.01. The summed E-state index contributed by atoms with van der Waals surface area (Å²) in [6, 6.07) is -0.449. The average Bonchev–Trinajstić information content (AvgIpc) is 2.83.